The van der Waals surface area contributed by atoms with Gasteiger partial charge in [-0.1, -0.05) is 18.2 Å². The molecule has 2 aliphatic rings. The van der Waals surface area contributed by atoms with Crippen LogP contribution in [0.15, 0.2) is 54.3 Å². The van der Waals surface area contributed by atoms with Gasteiger partial charge in [-0.3, -0.25) is 10.1 Å². The summed E-state index contributed by atoms with van der Waals surface area (Å²) in [5, 5.41) is 19.7. The number of nitrogens with one attached hydrogen (secondary N) is 2. The van der Waals surface area contributed by atoms with Gasteiger partial charge in [0.05, 0.1) is 22.5 Å². The van der Waals surface area contributed by atoms with E-state index in [2.05, 4.69) is 16.7 Å². The van der Waals surface area contributed by atoms with E-state index in [-0.39, 0.29) is 16.7 Å². The molecule has 1 saturated carbocycles. The van der Waals surface area contributed by atoms with E-state index >= 15 is 0 Å². The van der Waals surface area contributed by atoms with Crippen molar-refractivity contribution in [3.63, 3.8) is 0 Å². The Labute approximate surface area is 217 Å². The second kappa shape index (κ2) is 10.7. The minimum Gasteiger partial charge on any atom is -0.488 e. The van der Waals surface area contributed by atoms with Gasteiger partial charge in [0.25, 0.3) is 5.69 Å². The zero-order chi connectivity index (χ0) is 25.9. The lowest BCUT2D eigenvalue weighted by Crippen LogP contribution is -2.38. The number of hydrogen-bond donors (Lipinski definition) is 2. The van der Waals surface area contributed by atoms with Gasteiger partial charge < -0.3 is 20.3 Å². The molecule has 0 saturated heterocycles. The maximum Gasteiger partial charge on any atom is 0.276 e. The van der Waals surface area contributed by atoms with Crippen LogP contribution in [0.3, 0.4) is 0 Å². The minimum absolute atomic E-state index is 0.131. The molecule has 3 aromatic rings. The molecule has 9 nitrogen and oxygen atoms in total. The van der Waals surface area contributed by atoms with E-state index in [4.69, 9.17) is 14.7 Å². The topological polar surface area (TPSA) is 105 Å². The van der Waals surface area contributed by atoms with Crippen LogP contribution in [0.25, 0.3) is 10.9 Å². The zero-order valence-electron chi connectivity index (χ0n) is 21.6. The van der Waals surface area contributed by atoms with Crippen LogP contribution in [0.2, 0.25) is 0 Å². The van der Waals surface area contributed by atoms with Gasteiger partial charge in [0.2, 0.25) is 5.95 Å². The summed E-state index contributed by atoms with van der Waals surface area (Å²) in [4.78, 5) is 22.7. The quantitative estimate of drug-likeness (QED) is 0.317. The lowest BCUT2D eigenvalue weighted by Gasteiger charge is -2.30. The van der Waals surface area contributed by atoms with Crippen LogP contribution < -0.4 is 15.5 Å². The number of ether oxygens (including phenoxy) is 1. The third kappa shape index (κ3) is 5.67. The van der Waals surface area contributed by atoms with Crippen molar-refractivity contribution in [1.29, 1.82) is 0 Å². The number of rotatable bonds is 8. The molecule has 37 heavy (non-hydrogen) atoms. The molecule has 2 aromatic carbocycles. The number of fused-ring (bicyclic) bond motifs is 1. The largest absolute Gasteiger partial charge is 0.488 e. The summed E-state index contributed by atoms with van der Waals surface area (Å²) in [5.41, 5.74) is 2.59. The van der Waals surface area contributed by atoms with Crippen LogP contribution in [-0.2, 0) is 4.74 Å². The predicted octanol–water partition coefficient (Wildman–Crippen LogP) is 5.27. The molecule has 1 aliphatic heterocycles. The van der Waals surface area contributed by atoms with Gasteiger partial charge in [-0.05, 0) is 62.4 Å². The molecule has 194 valence electrons. The summed E-state index contributed by atoms with van der Waals surface area (Å²) in [6, 6.07) is 14.2. The first-order valence-corrected chi connectivity index (χ1v) is 12.9. The van der Waals surface area contributed by atoms with E-state index in [1.807, 2.05) is 62.3 Å². The van der Waals surface area contributed by atoms with E-state index in [9.17, 15) is 10.1 Å². The summed E-state index contributed by atoms with van der Waals surface area (Å²) >= 11 is 0. The smallest absolute Gasteiger partial charge is 0.276 e. The number of para-hydroxylation sites is 1. The summed E-state index contributed by atoms with van der Waals surface area (Å²) in [7, 11) is 4.01. The van der Waals surface area contributed by atoms with Crippen LogP contribution in [0.4, 0.5) is 17.5 Å². The number of aryl methyl sites for hydroxylation is 1. The van der Waals surface area contributed by atoms with Crippen molar-refractivity contribution in [3.05, 3.63) is 75.5 Å². The molecule has 2 N–H and O–H groups in total. The molecule has 1 aromatic heterocycles. The standard InChI is InChI=1S/C28H34N6O3/c1-18-8-14-23(25(16-18)34(35)36)26-15-13-21(37-26)17-29-19-9-11-20(12-10-19)30-28-31-24-7-5-4-6-22(24)27(32-28)33(2)3/h4-8,13-14,16,19-20,26,29H,9-12,15,17H2,1-3H3,(H,30,31,32). The number of hydrogen-bond acceptors (Lipinski definition) is 8. The summed E-state index contributed by atoms with van der Waals surface area (Å²) < 4.78 is 6.10. The Morgan fingerprint density at radius 1 is 1.08 bits per heavy atom. The Hall–Kier alpha value is -3.72. The third-order valence-corrected chi connectivity index (χ3v) is 7.21. The van der Waals surface area contributed by atoms with E-state index in [0.717, 1.165) is 53.7 Å². The summed E-state index contributed by atoms with van der Waals surface area (Å²) in [6.45, 7) is 2.50. The Morgan fingerprint density at radius 2 is 1.84 bits per heavy atom. The molecule has 1 aliphatic carbocycles. The first-order valence-electron chi connectivity index (χ1n) is 12.9. The van der Waals surface area contributed by atoms with Crippen molar-refractivity contribution >= 4 is 28.4 Å². The first-order chi connectivity index (χ1) is 17.9. The SMILES string of the molecule is Cc1ccc(C2CC=C(CNC3CCC(Nc4nc(N(C)C)c5ccccc5n4)CC3)O2)c([N+](=O)[O-])c1. The van der Waals surface area contributed by atoms with Crippen molar-refractivity contribution in [1.82, 2.24) is 15.3 Å². The highest BCUT2D eigenvalue weighted by Crippen LogP contribution is 2.36. The minimum atomic E-state index is -0.321. The normalized spacial score (nSPS) is 21.4. The first kappa shape index (κ1) is 25.0. The molecule has 0 spiro atoms. The van der Waals surface area contributed by atoms with Gasteiger partial charge in [0, 0.05) is 44.1 Å². The molecular weight excluding hydrogens is 468 g/mol. The van der Waals surface area contributed by atoms with Crippen molar-refractivity contribution in [3.8, 4) is 0 Å². The number of anilines is 2. The van der Waals surface area contributed by atoms with Gasteiger partial charge in [-0.25, -0.2) is 4.98 Å². The Morgan fingerprint density at radius 3 is 2.59 bits per heavy atom. The second-order valence-corrected chi connectivity index (χ2v) is 10.2. The fourth-order valence-corrected chi connectivity index (χ4v) is 5.24. The van der Waals surface area contributed by atoms with Crippen LogP contribution in [0.5, 0.6) is 0 Å². The van der Waals surface area contributed by atoms with Crippen molar-refractivity contribution < 1.29 is 9.66 Å². The Kier molecular flexibility index (Phi) is 7.23. The highest BCUT2D eigenvalue weighted by atomic mass is 16.6. The summed E-state index contributed by atoms with van der Waals surface area (Å²) in [6.07, 6.45) is 6.56. The van der Waals surface area contributed by atoms with Gasteiger partial charge in [-0.15, -0.1) is 0 Å². The zero-order valence-corrected chi connectivity index (χ0v) is 21.6. The van der Waals surface area contributed by atoms with Gasteiger partial charge in [-0.2, -0.15) is 4.98 Å². The van der Waals surface area contributed by atoms with Crippen molar-refractivity contribution in [2.45, 2.75) is 57.2 Å². The molecule has 1 atom stereocenters. The van der Waals surface area contributed by atoms with Crippen LogP contribution in [0.1, 0.15) is 49.3 Å². The van der Waals surface area contributed by atoms with E-state index in [1.165, 1.54) is 0 Å². The Bertz CT molecular complexity index is 1320. The van der Waals surface area contributed by atoms with Crippen LogP contribution >= 0.6 is 0 Å². The molecule has 0 bridgehead atoms. The maximum absolute atomic E-state index is 11.5. The highest BCUT2D eigenvalue weighted by Gasteiger charge is 2.28. The van der Waals surface area contributed by atoms with Gasteiger partial charge in [0.15, 0.2) is 0 Å². The molecule has 1 fully saturated rings. The van der Waals surface area contributed by atoms with E-state index in [1.54, 1.807) is 6.07 Å². The molecule has 2 heterocycles. The average Bonchev–Trinajstić information content (AvgIpc) is 3.36. The van der Waals surface area contributed by atoms with Crippen LogP contribution in [-0.4, -0.2) is 47.6 Å². The Balaban J connectivity index is 1.12. The number of benzene rings is 2. The van der Waals surface area contributed by atoms with Crippen LogP contribution in [0, 0.1) is 17.0 Å². The molecular formula is C28H34N6O3. The van der Waals surface area contributed by atoms with Crippen molar-refractivity contribution in [2.24, 2.45) is 0 Å². The second-order valence-electron chi connectivity index (χ2n) is 10.2. The average molecular weight is 503 g/mol. The van der Waals surface area contributed by atoms with Gasteiger partial charge >= 0.3 is 0 Å². The predicted molar refractivity (Wildman–Crippen MR) is 146 cm³/mol. The fraction of sp³-hybridized carbons (Fsp3) is 0.429. The molecule has 1 unspecified atom stereocenters. The van der Waals surface area contributed by atoms with E-state index in [0.29, 0.717) is 36.6 Å². The number of nitrogens with zero attached hydrogens (tertiary/aromatic N) is 4. The number of nitro benzene ring substituents is 1. The van der Waals surface area contributed by atoms with Gasteiger partial charge in [0.1, 0.15) is 17.7 Å². The number of nitro groups is 1. The summed E-state index contributed by atoms with van der Waals surface area (Å²) in [5.74, 6) is 2.46. The highest BCUT2D eigenvalue weighted by molar-refractivity contribution is 5.90. The maximum atomic E-state index is 11.5. The molecule has 9 heteroatoms. The third-order valence-electron chi connectivity index (χ3n) is 7.21. The molecule has 5 rings (SSSR count). The van der Waals surface area contributed by atoms with Crippen molar-refractivity contribution in [2.75, 3.05) is 30.9 Å². The monoisotopic (exact) mass is 502 g/mol. The fourth-order valence-electron chi connectivity index (χ4n) is 5.24. The lowest BCUT2D eigenvalue weighted by molar-refractivity contribution is -0.386. The molecule has 0 radical (unpaired) electrons. The van der Waals surface area contributed by atoms with E-state index < -0.39 is 0 Å². The lowest BCUT2D eigenvalue weighted by atomic mass is 9.91. The number of aromatic nitrogens is 2. The molecule has 0 amide bonds.